The lowest BCUT2D eigenvalue weighted by Gasteiger charge is -2.33. The Morgan fingerprint density at radius 2 is 2.00 bits per heavy atom. The van der Waals surface area contributed by atoms with E-state index in [0.717, 1.165) is 31.4 Å². The molecule has 2 atom stereocenters. The van der Waals surface area contributed by atoms with Crippen LogP contribution < -0.4 is 10.6 Å². The van der Waals surface area contributed by atoms with Crippen molar-refractivity contribution < 1.29 is 14.4 Å². The van der Waals surface area contributed by atoms with Gasteiger partial charge < -0.3 is 15.5 Å². The third-order valence-electron chi connectivity index (χ3n) is 5.28. The highest BCUT2D eigenvalue weighted by Crippen LogP contribution is 2.22. The standard InChI is InChI=1S/C22H27N3O3S/c1-14-13-17(22(28)25-11-5-4-7-15(25)2)9-10-18(14)24-20(26)16(3)23-21(27)19-8-6-12-29-19/h6,8-10,12-13,15-16H,4-5,7,11H2,1-3H3,(H,23,27)(H,24,26). The smallest absolute Gasteiger partial charge is 0.261 e. The van der Waals surface area contributed by atoms with E-state index in [-0.39, 0.29) is 23.8 Å². The first-order chi connectivity index (χ1) is 13.9. The lowest BCUT2D eigenvalue weighted by atomic mass is 10.0. The van der Waals surface area contributed by atoms with Gasteiger partial charge in [-0.05, 0) is 75.2 Å². The maximum atomic E-state index is 12.8. The van der Waals surface area contributed by atoms with Crippen LogP contribution in [0.1, 0.15) is 58.7 Å². The van der Waals surface area contributed by atoms with Gasteiger partial charge in [0, 0.05) is 23.8 Å². The minimum Gasteiger partial charge on any atom is -0.340 e. The number of hydrogen-bond donors (Lipinski definition) is 2. The normalized spacial score (nSPS) is 17.5. The number of benzene rings is 1. The van der Waals surface area contributed by atoms with Gasteiger partial charge in [-0.2, -0.15) is 0 Å². The van der Waals surface area contributed by atoms with Crippen LogP contribution in [0.4, 0.5) is 5.69 Å². The monoisotopic (exact) mass is 413 g/mol. The molecule has 3 amide bonds. The molecule has 6 nitrogen and oxygen atoms in total. The van der Waals surface area contributed by atoms with E-state index in [4.69, 9.17) is 0 Å². The quantitative estimate of drug-likeness (QED) is 0.782. The first-order valence-electron chi connectivity index (χ1n) is 9.93. The van der Waals surface area contributed by atoms with E-state index in [9.17, 15) is 14.4 Å². The van der Waals surface area contributed by atoms with Gasteiger partial charge in [0.05, 0.1) is 4.88 Å². The summed E-state index contributed by atoms with van der Waals surface area (Å²) in [7, 11) is 0. The molecular weight excluding hydrogens is 386 g/mol. The Balaban J connectivity index is 1.63. The number of amides is 3. The number of thiophene rings is 1. The zero-order valence-corrected chi connectivity index (χ0v) is 17.8. The van der Waals surface area contributed by atoms with Crippen LogP contribution >= 0.6 is 11.3 Å². The number of piperidine rings is 1. The Kier molecular flexibility index (Phi) is 6.69. The summed E-state index contributed by atoms with van der Waals surface area (Å²) in [6.45, 7) is 6.39. The van der Waals surface area contributed by atoms with Crippen molar-refractivity contribution in [3.63, 3.8) is 0 Å². The minimum atomic E-state index is -0.681. The summed E-state index contributed by atoms with van der Waals surface area (Å²) < 4.78 is 0. The Morgan fingerprint density at radius 3 is 2.66 bits per heavy atom. The van der Waals surface area contributed by atoms with Crippen LogP contribution in [-0.2, 0) is 4.79 Å². The number of likely N-dealkylation sites (tertiary alicyclic amines) is 1. The fourth-order valence-electron chi connectivity index (χ4n) is 3.48. The molecule has 1 aliphatic heterocycles. The third-order valence-corrected chi connectivity index (χ3v) is 6.15. The molecule has 0 aliphatic carbocycles. The van der Waals surface area contributed by atoms with E-state index in [1.165, 1.54) is 11.3 Å². The molecule has 2 aromatic rings. The van der Waals surface area contributed by atoms with Crippen LogP contribution in [-0.4, -0.2) is 41.2 Å². The molecule has 2 heterocycles. The maximum Gasteiger partial charge on any atom is 0.261 e. The Bertz CT molecular complexity index is 895. The van der Waals surface area contributed by atoms with Crippen LogP contribution in [0.5, 0.6) is 0 Å². The van der Waals surface area contributed by atoms with E-state index in [1.807, 2.05) is 23.3 Å². The van der Waals surface area contributed by atoms with Crippen molar-refractivity contribution in [2.45, 2.75) is 52.1 Å². The van der Waals surface area contributed by atoms with Crippen molar-refractivity contribution in [1.29, 1.82) is 0 Å². The van der Waals surface area contributed by atoms with Crippen molar-refractivity contribution in [1.82, 2.24) is 10.2 Å². The zero-order valence-electron chi connectivity index (χ0n) is 17.0. The van der Waals surface area contributed by atoms with Crippen LogP contribution in [0, 0.1) is 6.92 Å². The van der Waals surface area contributed by atoms with Gasteiger partial charge in [-0.3, -0.25) is 14.4 Å². The Morgan fingerprint density at radius 1 is 1.21 bits per heavy atom. The number of hydrogen-bond acceptors (Lipinski definition) is 4. The van der Waals surface area contributed by atoms with Gasteiger partial charge in [0.1, 0.15) is 6.04 Å². The van der Waals surface area contributed by atoms with Crippen molar-refractivity contribution in [2.75, 3.05) is 11.9 Å². The fourth-order valence-corrected chi connectivity index (χ4v) is 4.11. The topological polar surface area (TPSA) is 78.5 Å². The third kappa shape index (κ3) is 5.03. The van der Waals surface area contributed by atoms with Crippen LogP contribution in [0.3, 0.4) is 0 Å². The highest BCUT2D eigenvalue weighted by Gasteiger charge is 2.25. The van der Waals surface area contributed by atoms with Gasteiger partial charge in [0.15, 0.2) is 0 Å². The molecule has 0 bridgehead atoms. The molecule has 1 fully saturated rings. The van der Waals surface area contributed by atoms with Gasteiger partial charge in [-0.25, -0.2) is 0 Å². The van der Waals surface area contributed by atoms with Gasteiger partial charge in [-0.15, -0.1) is 11.3 Å². The lowest BCUT2D eigenvalue weighted by molar-refractivity contribution is -0.117. The largest absolute Gasteiger partial charge is 0.340 e. The van der Waals surface area contributed by atoms with Gasteiger partial charge in [0.2, 0.25) is 5.91 Å². The number of anilines is 1. The van der Waals surface area contributed by atoms with Crippen molar-refractivity contribution in [3.05, 3.63) is 51.7 Å². The molecule has 1 saturated heterocycles. The molecule has 0 saturated carbocycles. The molecule has 2 N–H and O–H groups in total. The molecule has 0 spiro atoms. The first-order valence-corrected chi connectivity index (χ1v) is 10.8. The predicted molar refractivity (Wildman–Crippen MR) is 115 cm³/mol. The minimum absolute atomic E-state index is 0.0368. The predicted octanol–water partition coefficient (Wildman–Crippen LogP) is 3.83. The van der Waals surface area contributed by atoms with Crippen molar-refractivity contribution in [3.8, 4) is 0 Å². The molecule has 2 unspecified atom stereocenters. The number of rotatable bonds is 5. The summed E-state index contributed by atoms with van der Waals surface area (Å²) in [6, 6.07) is 8.40. The van der Waals surface area contributed by atoms with Gasteiger partial charge in [-0.1, -0.05) is 6.07 Å². The summed E-state index contributed by atoms with van der Waals surface area (Å²) in [5.74, 6) is -0.535. The van der Waals surface area contributed by atoms with Gasteiger partial charge in [0.25, 0.3) is 11.8 Å². The molecule has 1 aromatic carbocycles. The van der Waals surface area contributed by atoms with Crippen LogP contribution in [0.2, 0.25) is 0 Å². The number of nitrogens with zero attached hydrogens (tertiary/aromatic N) is 1. The average molecular weight is 414 g/mol. The Labute approximate surface area is 175 Å². The molecule has 0 radical (unpaired) electrons. The summed E-state index contributed by atoms with van der Waals surface area (Å²) in [4.78, 5) is 39.9. The molecule has 1 aromatic heterocycles. The Hall–Kier alpha value is -2.67. The zero-order chi connectivity index (χ0) is 21.0. The SMILES string of the molecule is Cc1cc(C(=O)N2CCCCC2C)ccc1NC(=O)C(C)NC(=O)c1cccs1. The first kappa shape index (κ1) is 21.0. The maximum absolute atomic E-state index is 12.8. The molecule has 7 heteroatoms. The summed E-state index contributed by atoms with van der Waals surface area (Å²) >= 11 is 1.33. The van der Waals surface area contributed by atoms with Crippen molar-refractivity contribution >= 4 is 34.7 Å². The number of carbonyl (C=O) groups excluding carboxylic acids is 3. The van der Waals surface area contributed by atoms with Crippen molar-refractivity contribution in [2.24, 2.45) is 0 Å². The number of aryl methyl sites for hydroxylation is 1. The fraction of sp³-hybridized carbons (Fsp3) is 0.409. The number of carbonyl (C=O) groups is 3. The lowest BCUT2D eigenvalue weighted by Crippen LogP contribution is -2.42. The molecule has 3 rings (SSSR count). The van der Waals surface area contributed by atoms with Crippen LogP contribution in [0.15, 0.2) is 35.7 Å². The summed E-state index contributed by atoms with van der Waals surface area (Å²) in [5.41, 5.74) is 2.08. The van der Waals surface area contributed by atoms with Crippen LogP contribution in [0.25, 0.3) is 0 Å². The average Bonchev–Trinajstić information content (AvgIpc) is 3.24. The molecule has 29 heavy (non-hydrogen) atoms. The second-order valence-corrected chi connectivity index (χ2v) is 8.48. The van der Waals surface area contributed by atoms with E-state index in [0.29, 0.717) is 16.1 Å². The highest BCUT2D eigenvalue weighted by atomic mass is 32.1. The highest BCUT2D eigenvalue weighted by molar-refractivity contribution is 7.12. The number of nitrogens with one attached hydrogen (secondary N) is 2. The summed E-state index contributed by atoms with van der Waals surface area (Å²) in [6.07, 6.45) is 3.24. The van der Waals surface area contributed by atoms with E-state index < -0.39 is 6.04 Å². The molecule has 1 aliphatic rings. The second-order valence-electron chi connectivity index (χ2n) is 7.53. The second kappa shape index (κ2) is 9.22. The van der Waals surface area contributed by atoms with E-state index in [2.05, 4.69) is 17.6 Å². The van der Waals surface area contributed by atoms with Gasteiger partial charge >= 0.3 is 0 Å². The molecular formula is C22H27N3O3S. The molecule has 154 valence electrons. The van der Waals surface area contributed by atoms with E-state index >= 15 is 0 Å². The summed E-state index contributed by atoms with van der Waals surface area (Å²) in [5, 5.41) is 7.35. The van der Waals surface area contributed by atoms with E-state index in [1.54, 1.807) is 31.2 Å².